The number of aromatic nitrogens is 1. The van der Waals surface area contributed by atoms with Crippen molar-refractivity contribution in [2.45, 2.75) is 13.0 Å². The van der Waals surface area contributed by atoms with Crippen LogP contribution in [0.4, 0.5) is 4.39 Å². The molecule has 0 aliphatic carbocycles. The van der Waals surface area contributed by atoms with Crippen LogP contribution in [0.15, 0.2) is 71.9 Å². The molecular formula is C23H26FIN4O2. The lowest BCUT2D eigenvalue weighted by atomic mass is 10.1. The molecule has 6 nitrogen and oxygen atoms in total. The molecule has 8 heteroatoms. The molecule has 0 bridgehead atoms. The topological polar surface area (TPSA) is 67.8 Å². The molecule has 0 spiro atoms. The fourth-order valence-electron chi connectivity index (χ4n) is 2.79. The largest absolute Gasteiger partial charge is 0.497 e. The van der Waals surface area contributed by atoms with Crippen LogP contribution in [0.5, 0.6) is 17.4 Å². The number of rotatable bonds is 8. The van der Waals surface area contributed by atoms with E-state index in [1.807, 2.05) is 36.4 Å². The van der Waals surface area contributed by atoms with E-state index in [1.54, 1.807) is 38.6 Å². The lowest BCUT2D eigenvalue weighted by molar-refractivity contribution is 0.407. The molecule has 1 heterocycles. The SMILES string of the molecule is CN=C(NCCc1cccc(F)c1)NCc1ccc(Oc2cccc(OC)c2)nc1.I. The van der Waals surface area contributed by atoms with Crippen LogP contribution in [0.3, 0.4) is 0 Å². The van der Waals surface area contributed by atoms with E-state index in [0.29, 0.717) is 37.1 Å². The zero-order valence-corrected chi connectivity index (χ0v) is 19.8. The van der Waals surface area contributed by atoms with Crippen LogP contribution in [0.1, 0.15) is 11.1 Å². The Hall–Kier alpha value is -2.88. The van der Waals surface area contributed by atoms with Crippen LogP contribution in [0.2, 0.25) is 0 Å². The Morgan fingerprint density at radius 3 is 2.52 bits per heavy atom. The highest BCUT2D eigenvalue weighted by Gasteiger charge is 2.03. The smallest absolute Gasteiger partial charge is 0.219 e. The molecule has 1 aromatic heterocycles. The fourth-order valence-corrected chi connectivity index (χ4v) is 2.79. The van der Waals surface area contributed by atoms with Crippen molar-refractivity contribution in [3.63, 3.8) is 0 Å². The summed E-state index contributed by atoms with van der Waals surface area (Å²) in [5.41, 5.74) is 1.93. The fraction of sp³-hybridized carbons (Fsp3) is 0.217. The number of pyridine rings is 1. The molecule has 3 aromatic rings. The van der Waals surface area contributed by atoms with E-state index in [9.17, 15) is 4.39 Å². The van der Waals surface area contributed by atoms with Crippen molar-refractivity contribution in [3.8, 4) is 17.4 Å². The molecule has 0 aliphatic rings. The number of benzene rings is 2. The van der Waals surface area contributed by atoms with Gasteiger partial charge in [0.05, 0.1) is 7.11 Å². The second-order valence-electron chi connectivity index (χ2n) is 6.52. The minimum absolute atomic E-state index is 0. The van der Waals surface area contributed by atoms with Crippen molar-refractivity contribution in [2.24, 2.45) is 4.99 Å². The molecule has 0 atom stereocenters. The molecule has 0 unspecified atom stereocenters. The zero-order valence-electron chi connectivity index (χ0n) is 17.5. The summed E-state index contributed by atoms with van der Waals surface area (Å²) in [5, 5.41) is 6.46. The van der Waals surface area contributed by atoms with Crippen molar-refractivity contribution in [2.75, 3.05) is 20.7 Å². The molecule has 0 aliphatic heterocycles. The first-order valence-electron chi connectivity index (χ1n) is 9.62. The third-order valence-electron chi connectivity index (χ3n) is 4.34. The third-order valence-corrected chi connectivity index (χ3v) is 4.34. The van der Waals surface area contributed by atoms with Crippen molar-refractivity contribution in [1.82, 2.24) is 15.6 Å². The van der Waals surface area contributed by atoms with E-state index in [1.165, 1.54) is 6.07 Å². The number of guanidine groups is 1. The van der Waals surface area contributed by atoms with Gasteiger partial charge in [-0.1, -0.05) is 24.3 Å². The number of methoxy groups -OCH3 is 1. The van der Waals surface area contributed by atoms with Gasteiger partial charge >= 0.3 is 0 Å². The molecule has 164 valence electrons. The van der Waals surface area contributed by atoms with Crippen molar-refractivity contribution in [3.05, 3.63) is 83.8 Å². The van der Waals surface area contributed by atoms with Gasteiger partial charge in [-0.3, -0.25) is 4.99 Å². The summed E-state index contributed by atoms with van der Waals surface area (Å²) < 4.78 is 24.2. The maximum absolute atomic E-state index is 13.2. The predicted octanol–water partition coefficient (Wildman–Crippen LogP) is 4.55. The summed E-state index contributed by atoms with van der Waals surface area (Å²) in [7, 11) is 3.32. The molecule has 2 aromatic carbocycles. The van der Waals surface area contributed by atoms with E-state index >= 15 is 0 Å². The Kier molecular flexibility index (Phi) is 10.0. The highest BCUT2D eigenvalue weighted by molar-refractivity contribution is 14.0. The van der Waals surface area contributed by atoms with Crippen molar-refractivity contribution < 1.29 is 13.9 Å². The van der Waals surface area contributed by atoms with Crippen molar-refractivity contribution >= 4 is 29.9 Å². The average Bonchev–Trinajstić information content (AvgIpc) is 2.77. The number of nitrogens with zero attached hydrogens (tertiary/aromatic N) is 2. The van der Waals surface area contributed by atoms with E-state index in [2.05, 4.69) is 20.6 Å². The maximum atomic E-state index is 13.2. The second kappa shape index (κ2) is 12.7. The Morgan fingerprint density at radius 1 is 1.00 bits per heavy atom. The highest BCUT2D eigenvalue weighted by atomic mass is 127. The van der Waals surface area contributed by atoms with Crippen LogP contribution in [0, 0.1) is 5.82 Å². The Morgan fingerprint density at radius 2 is 1.81 bits per heavy atom. The Labute approximate surface area is 198 Å². The molecule has 0 saturated heterocycles. The standard InChI is InChI=1S/C23H25FN4O2.HI/c1-25-23(26-12-11-17-5-3-6-19(24)13-17)28-16-18-9-10-22(27-15-18)30-21-8-4-7-20(14-21)29-2;/h3-10,13-15H,11-12,16H2,1-2H3,(H2,25,26,28);1H. The summed E-state index contributed by atoms with van der Waals surface area (Å²) in [5.74, 6) is 2.34. The molecule has 31 heavy (non-hydrogen) atoms. The van der Waals surface area contributed by atoms with Gasteiger partial charge in [0.25, 0.3) is 0 Å². The van der Waals surface area contributed by atoms with Crippen LogP contribution in [-0.2, 0) is 13.0 Å². The van der Waals surface area contributed by atoms with Gasteiger partial charge in [-0.2, -0.15) is 0 Å². The Balaban J connectivity index is 0.00000341. The lowest BCUT2D eigenvalue weighted by Crippen LogP contribution is -2.37. The summed E-state index contributed by atoms with van der Waals surface area (Å²) >= 11 is 0. The number of hydrogen-bond acceptors (Lipinski definition) is 4. The van der Waals surface area contributed by atoms with Gasteiger partial charge in [-0.05, 0) is 41.8 Å². The maximum Gasteiger partial charge on any atom is 0.219 e. The quantitative estimate of drug-likeness (QED) is 0.251. The molecule has 0 amide bonds. The minimum Gasteiger partial charge on any atom is -0.497 e. The molecule has 0 fully saturated rings. The van der Waals surface area contributed by atoms with Gasteiger partial charge in [-0.25, -0.2) is 9.37 Å². The van der Waals surface area contributed by atoms with Gasteiger partial charge < -0.3 is 20.1 Å². The minimum atomic E-state index is -0.221. The monoisotopic (exact) mass is 536 g/mol. The normalized spacial score (nSPS) is 10.7. The van der Waals surface area contributed by atoms with E-state index in [0.717, 1.165) is 16.9 Å². The number of nitrogens with one attached hydrogen (secondary N) is 2. The second-order valence-corrected chi connectivity index (χ2v) is 6.52. The average molecular weight is 536 g/mol. The van der Waals surface area contributed by atoms with Gasteiger partial charge in [0.2, 0.25) is 5.88 Å². The first-order valence-corrected chi connectivity index (χ1v) is 9.62. The number of aliphatic imine (C=N–C) groups is 1. The summed E-state index contributed by atoms with van der Waals surface area (Å²) in [6, 6.07) is 17.7. The third kappa shape index (κ3) is 8.05. The Bertz CT molecular complexity index is 983. The molecule has 2 N–H and O–H groups in total. The first-order chi connectivity index (χ1) is 14.7. The number of hydrogen-bond donors (Lipinski definition) is 2. The van der Waals surface area contributed by atoms with E-state index in [4.69, 9.17) is 9.47 Å². The molecule has 0 radical (unpaired) electrons. The van der Waals surface area contributed by atoms with Crippen LogP contribution >= 0.6 is 24.0 Å². The van der Waals surface area contributed by atoms with Crippen molar-refractivity contribution in [1.29, 1.82) is 0 Å². The first kappa shape index (κ1) is 24.4. The van der Waals surface area contributed by atoms with Gasteiger partial charge in [0.15, 0.2) is 5.96 Å². The zero-order chi connectivity index (χ0) is 21.2. The molecule has 0 saturated carbocycles. The summed E-state index contributed by atoms with van der Waals surface area (Å²) in [6.45, 7) is 1.21. The van der Waals surface area contributed by atoms with Gasteiger partial charge in [0.1, 0.15) is 17.3 Å². The number of halogens is 2. The van der Waals surface area contributed by atoms with Gasteiger partial charge in [-0.15, -0.1) is 24.0 Å². The predicted molar refractivity (Wildman–Crippen MR) is 131 cm³/mol. The lowest BCUT2D eigenvalue weighted by Gasteiger charge is -2.12. The van der Waals surface area contributed by atoms with Crippen LogP contribution < -0.4 is 20.1 Å². The van der Waals surface area contributed by atoms with E-state index < -0.39 is 0 Å². The van der Waals surface area contributed by atoms with Gasteiger partial charge in [0, 0.05) is 38.5 Å². The van der Waals surface area contributed by atoms with Crippen LogP contribution in [0.25, 0.3) is 0 Å². The molecule has 3 rings (SSSR count). The summed E-state index contributed by atoms with van der Waals surface area (Å²) in [6.07, 6.45) is 2.46. The highest BCUT2D eigenvalue weighted by Crippen LogP contribution is 2.23. The summed E-state index contributed by atoms with van der Waals surface area (Å²) in [4.78, 5) is 8.55. The van der Waals surface area contributed by atoms with E-state index in [-0.39, 0.29) is 29.8 Å². The van der Waals surface area contributed by atoms with Crippen LogP contribution in [-0.4, -0.2) is 31.6 Å². The molecular weight excluding hydrogens is 510 g/mol. The number of ether oxygens (including phenoxy) is 2.